The fourth-order valence-electron chi connectivity index (χ4n) is 3.59. The first-order valence-corrected chi connectivity index (χ1v) is 8.84. The van der Waals surface area contributed by atoms with Crippen molar-refractivity contribution in [3.63, 3.8) is 0 Å². The van der Waals surface area contributed by atoms with Crippen molar-refractivity contribution in [2.75, 3.05) is 0 Å². The van der Waals surface area contributed by atoms with Gasteiger partial charge >= 0.3 is 0 Å². The Kier molecular flexibility index (Phi) is 3.60. The molecule has 0 saturated carbocycles. The minimum atomic E-state index is -3.37. The van der Waals surface area contributed by atoms with Gasteiger partial charge in [-0.2, -0.15) is 4.31 Å². The van der Waals surface area contributed by atoms with Crippen molar-refractivity contribution < 1.29 is 8.42 Å². The van der Waals surface area contributed by atoms with Gasteiger partial charge < -0.3 is 5.73 Å². The third-order valence-corrected chi connectivity index (χ3v) is 6.63. The quantitative estimate of drug-likeness (QED) is 0.926. The third kappa shape index (κ3) is 2.28. The summed E-state index contributed by atoms with van der Waals surface area (Å²) in [5, 5.41) is 0. The predicted molar refractivity (Wildman–Crippen MR) is 78.9 cm³/mol. The van der Waals surface area contributed by atoms with E-state index in [1.54, 1.807) is 16.4 Å². The summed E-state index contributed by atoms with van der Waals surface area (Å²) in [5.74, 6) is 0. The fourth-order valence-corrected chi connectivity index (χ4v) is 5.48. The topological polar surface area (TPSA) is 63.4 Å². The number of hydrogen-bond acceptors (Lipinski definition) is 3. The van der Waals surface area contributed by atoms with Gasteiger partial charge in [0.1, 0.15) is 0 Å². The monoisotopic (exact) mass is 294 g/mol. The Morgan fingerprint density at radius 1 is 1.15 bits per heavy atom. The van der Waals surface area contributed by atoms with Crippen LogP contribution in [0.25, 0.3) is 0 Å². The lowest BCUT2D eigenvalue weighted by molar-refractivity contribution is 0.227. The van der Waals surface area contributed by atoms with E-state index >= 15 is 0 Å². The highest BCUT2D eigenvalue weighted by Crippen LogP contribution is 2.39. The molecule has 1 aromatic rings. The maximum atomic E-state index is 12.8. The molecule has 0 radical (unpaired) electrons. The van der Waals surface area contributed by atoms with Crippen LogP contribution < -0.4 is 5.73 Å². The van der Waals surface area contributed by atoms with Gasteiger partial charge in [0, 0.05) is 18.1 Å². The maximum Gasteiger partial charge on any atom is 0.243 e. The van der Waals surface area contributed by atoms with Gasteiger partial charge in [0.05, 0.1) is 4.90 Å². The summed E-state index contributed by atoms with van der Waals surface area (Å²) < 4.78 is 27.4. The molecule has 2 atom stereocenters. The summed E-state index contributed by atoms with van der Waals surface area (Å²) in [4.78, 5) is 0.419. The second kappa shape index (κ2) is 5.13. The standard InChI is InChI=1S/C15H22N2O2S/c1-2-11-3-7-15(8-4-11)20(18,19)17-13-5-6-14(17)10-12(16)9-13/h3-4,7-8,12-14H,2,5-6,9-10,16H2,1H3. The molecule has 3 rings (SSSR count). The summed E-state index contributed by atoms with van der Waals surface area (Å²) in [6.45, 7) is 2.07. The minimum Gasteiger partial charge on any atom is -0.328 e. The SMILES string of the molecule is CCc1ccc(S(=O)(=O)N2C3CCC2CC(N)C3)cc1. The van der Waals surface area contributed by atoms with Crippen LogP contribution in [-0.4, -0.2) is 30.8 Å². The second-order valence-electron chi connectivity index (χ2n) is 5.95. The lowest BCUT2D eigenvalue weighted by Gasteiger charge is -2.36. The first kappa shape index (κ1) is 14.0. The largest absolute Gasteiger partial charge is 0.328 e. The molecule has 2 N–H and O–H groups in total. The van der Waals surface area contributed by atoms with Gasteiger partial charge in [-0.05, 0) is 49.8 Å². The Hall–Kier alpha value is -0.910. The zero-order valence-electron chi connectivity index (χ0n) is 11.8. The van der Waals surface area contributed by atoms with Gasteiger partial charge in [-0.1, -0.05) is 19.1 Å². The number of piperidine rings is 1. The summed E-state index contributed by atoms with van der Waals surface area (Å²) in [7, 11) is -3.37. The molecule has 2 fully saturated rings. The number of benzene rings is 1. The van der Waals surface area contributed by atoms with Crippen LogP contribution in [-0.2, 0) is 16.4 Å². The van der Waals surface area contributed by atoms with Gasteiger partial charge in [-0.3, -0.25) is 0 Å². The number of fused-ring (bicyclic) bond motifs is 2. The fraction of sp³-hybridized carbons (Fsp3) is 0.600. The number of nitrogens with two attached hydrogens (primary N) is 1. The van der Waals surface area contributed by atoms with Crippen molar-refractivity contribution in [3.8, 4) is 0 Å². The van der Waals surface area contributed by atoms with Crippen LogP contribution >= 0.6 is 0 Å². The van der Waals surface area contributed by atoms with Crippen LogP contribution in [0, 0.1) is 0 Å². The molecule has 4 nitrogen and oxygen atoms in total. The van der Waals surface area contributed by atoms with E-state index in [9.17, 15) is 8.42 Å². The number of aryl methyl sites for hydroxylation is 1. The number of sulfonamides is 1. The van der Waals surface area contributed by atoms with Crippen molar-refractivity contribution in [2.24, 2.45) is 5.73 Å². The Morgan fingerprint density at radius 2 is 1.70 bits per heavy atom. The third-order valence-electron chi connectivity index (χ3n) is 4.61. The molecule has 2 saturated heterocycles. The molecule has 2 aliphatic heterocycles. The number of rotatable bonds is 3. The molecule has 0 aromatic heterocycles. The molecule has 2 heterocycles. The zero-order valence-corrected chi connectivity index (χ0v) is 12.6. The molecule has 110 valence electrons. The van der Waals surface area contributed by atoms with E-state index < -0.39 is 10.0 Å². The minimum absolute atomic E-state index is 0.0969. The molecular formula is C15H22N2O2S. The average molecular weight is 294 g/mol. The van der Waals surface area contributed by atoms with Crippen LogP contribution in [0.4, 0.5) is 0 Å². The van der Waals surface area contributed by atoms with E-state index in [4.69, 9.17) is 5.73 Å². The van der Waals surface area contributed by atoms with Gasteiger partial charge in [0.25, 0.3) is 0 Å². The Labute approximate surface area is 121 Å². The smallest absolute Gasteiger partial charge is 0.243 e. The Bertz CT molecular complexity index is 568. The van der Waals surface area contributed by atoms with E-state index in [2.05, 4.69) is 6.92 Å². The normalized spacial score (nSPS) is 30.6. The Morgan fingerprint density at radius 3 is 2.20 bits per heavy atom. The van der Waals surface area contributed by atoms with E-state index in [1.165, 1.54) is 0 Å². The van der Waals surface area contributed by atoms with E-state index in [0.717, 1.165) is 37.7 Å². The van der Waals surface area contributed by atoms with E-state index in [-0.39, 0.29) is 18.1 Å². The zero-order chi connectivity index (χ0) is 14.3. The molecule has 20 heavy (non-hydrogen) atoms. The molecule has 5 heteroatoms. The average Bonchev–Trinajstić information content (AvgIpc) is 2.72. The van der Waals surface area contributed by atoms with E-state index in [0.29, 0.717) is 4.90 Å². The summed E-state index contributed by atoms with van der Waals surface area (Å²) in [6, 6.07) is 7.64. The number of hydrogen-bond donors (Lipinski definition) is 1. The highest BCUT2D eigenvalue weighted by atomic mass is 32.2. The predicted octanol–water partition coefficient (Wildman–Crippen LogP) is 1.89. The molecule has 1 aromatic carbocycles. The number of nitrogens with zero attached hydrogens (tertiary/aromatic N) is 1. The molecule has 2 bridgehead atoms. The highest BCUT2D eigenvalue weighted by molar-refractivity contribution is 7.89. The van der Waals surface area contributed by atoms with Crippen molar-refractivity contribution in [1.82, 2.24) is 4.31 Å². The lowest BCUT2D eigenvalue weighted by Crippen LogP contribution is -2.49. The molecule has 2 unspecified atom stereocenters. The van der Waals surface area contributed by atoms with Gasteiger partial charge in [-0.25, -0.2) is 8.42 Å². The van der Waals surface area contributed by atoms with Gasteiger partial charge in [0.2, 0.25) is 10.0 Å². The molecular weight excluding hydrogens is 272 g/mol. The summed E-state index contributed by atoms with van der Waals surface area (Å²) in [5.41, 5.74) is 7.18. The van der Waals surface area contributed by atoms with Crippen LogP contribution in [0.2, 0.25) is 0 Å². The van der Waals surface area contributed by atoms with Crippen molar-refractivity contribution in [2.45, 2.75) is 62.0 Å². The van der Waals surface area contributed by atoms with Crippen LogP contribution in [0.15, 0.2) is 29.2 Å². The van der Waals surface area contributed by atoms with Gasteiger partial charge in [0.15, 0.2) is 0 Å². The van der Waals surface area contributed by atoms with E-state index in [1.807, 2.05) is 12.1 Å². The summed E-state index contributed by atoms with van der Waals surface area (Å²) >= 11 is 0. The van der Waals surface area contributed by atoms with Crippen molar-refractivity contribution in [3.05, 3.63) is 29.8 Å². The molecule has 0 spiro atoms. The first-order valence-electron chi connectivity index (χ1n) is 7.40. The van der Waals surface area contributed by atoms with Crippen molar-refractivity contribution in [1.29, 1.82) is 0 Å². The van der Waals surface area contributed by atoms with Crippen LogP contribution in [0.5, 0.6) is 0 Å². The first-order chi connectivity index (χ1) is 9.52. The lowest BCUT2D eigenvalue weighted by atomic mass is 10.0. The molecule has 0 aliphatic carbocycles. The second-order valence-corrected chi connectivity index (χ2v) is 7.79. The van der Waals surface area contributed by atoms with Gasteiger partial charge in [-0.15, -0.1) is 0 Å². The van der Waals surface area contributed by atoms with Crippen LogP contribution in [0.3, 0.4) is 0 Å². The Balaban J connectivity index is 1.92. The maximum absolute atomic E-state index is 12.8. The molecule has 2 aliphatic rings. The van der Waals surface area contributed by atoms with Crippen molar-refractivity contribution >= 4 is 10.0 Å². The van der Waals surface area contributed by atoms with Crippen LogP contribution in [0.1, 0.15) is 38.2 Å². The summed E-state index contributed by atoms with van der Waals surface area (Å²) in [6.07, 6.45) is 4.41. The molecule has 0 amide bonds. The highest BCUT2D eigenvalue weighted by Gasteiger charge is 2.46.